The molecule has 2 aliphatic carbocycles. The third-order valence-electron chi connectivity index (χ3n) is 4.07. The number of ketones is 2. The van der Waals surface area contributed by atoms with Gasteiger partial charge < -0.3 is 5.32 Å². The monoisotopic (exact) mass is 303 g/mol. The van der Waals surface area contributed by atoms with Gasteiger partial charge in [0.05, 0.1) is 10.8 Å². The Kier molecular flexibility index (Phi) is 3.76. The molecule has 2 aliphatic rings. The number of fused-ring (bicyclic) bond motifs is 1. The summed E-state index contributed by atoms with van der Waals surface area (Å²) in [5, 5.41) is 3.19. The second-order valence-electron chi connectivity index (χ2n) is 5.49. The maximum absolute atomic E-state index is 12.7. The molecule has 0 aromatic heterocycles. The lowest BCUT2D eigenvalue weighted by molar-refractivity contribution is 0.0973. The molecule has 0 bridgehead atoms. The van der Waals surface area contributed by atoms with E-state index >= 15 is 0 Å². The Morgan fingerprint density at radius 2 is 1.62 bits per heavy atom. The molecule has 1 unspecified atom stereocenters. The minimum Gasteiger partial charge on any atom is -0.378 e. The molecule has 1 atom stereocenters. The molecule has 21 heavy (non-hydrogen) atoms. The first kappa shape index (κ1) is 14.2. The van der Waals surface area contributed by atoms with E-state index in [9.17, 15) is 13.8 Å². The van der Waals surface area contributed by atoms with Gasteiger partial charge in [0.1, 0.15) is 10.6 Å². The molecule has 0 spiro atoms. The number of carbonyl (C=O) groups excluding carboxylic acids is 2. The number of Topliss-reactive ketones (excluding diaryl/α,β-unsaturated/α-hetero) is 2. The summed E-state index contributed by atoms with van der Waals surface area (Å²) in [7, 11) is -1.49. The number of hydrogen-bond donors (Lipinski definition) is 1. The van der Waals surface area contributed by atoms with Crippen molar-refractivity contribution >= 4 is 22.4 Å². The quantitative estimate of drug-likeness (QED) is 0.929. The second kappa shape index (κ2) is 5.56. The molecule has 1 aromatic carbocycles. The third-order valence-corrected chi connectivity index (χ3v) is 5.03. The highest BCUT2D eigenvalue weighted by Gasteiger charge is 2.35. The molecule has 0 amide bonds. The molecular weight excluding hydrogens is 286 g/mol. The molecule has 1 N–H and O–H groups in total. The van der Waals surface area contributed by atoms with Gasteiger partial charge in [0.15, 0.2) is 0 Å². The van der Waals surface area contributed by atoms with E-state index in [2.05, 4.69) is 5.32 Å². The van der Waals surface area contributed by atoms with E-state index in [-0.39, 0.29) is 28.2 Å². The van der Waals surface area contributed by atoms with Crippen LogP contribution in [0.25, 0.3) is 0 Å². The van der Waals surface area contributed by atoms with Crippen LogP contribution in [0.2, 0.25) is 0 Å². The SMILES string of the molecule is CS(=O)C1=C(NC2CCCC2)C(=O)c2ccccc2C1=O. The summed E-state index contributed by atoms with van der Waals surface area (Å²) in [6.07, 6.45) is 5.65. The van der Waals surface area contributed by atoms with Gasteiger partial charge in [-0.3, -0.25) is 13.8 Å². The van der Waals surface area contributed by atoms with Crippen LogP contribution in [-0.4, -0.2) is 28.1 Å². The van der Waals surface area contributed by atoms with E-state index in [1.54, 1.807) is 24.3 Å². The van der Waals surface area contributed by atoms with Crippen LogP contribution in [0.4, 0.5) is 0 Å². The molecule has 1 saturated carbocycles. The zero-order chi connectivity index (χ0) is 15.0. The highest BCUT2D eigenvalue weighted by molar-refractivity contribution is 7.89. The molecule has 0 heterocycles. The van der Waals surface area contributed by atoms with Gasteiger partial charge in [-0.05, 0) is 12.8 Å². The fourth-order valence-electron chi connectivity index (χ4n) is 3.03. The average molecular weight is 303 g/mol. The lowest BCUT2D eigenvalue weighted by atomic mass is 9.92. The van der Waals surface area contributed by atoms with Crippen LogP contribution in [0.5, 0.6) is 0 Å². The first-order valence-corrected chi connectivity index (χ1v) is 8.68. The number of carbonyl (C=O) groups is 2. The number of rotatable bonds is 3. The van der Waals surface area contributed by atoms with Gasteiger partial charge in [0.2, 0.25) is 11.6 Å². The third kappa shape index (κ3) is 2.46. The summed E-state index contributed by atoms with van der Waals surface area (Å²) in [4.78, 5) is 25.3. The van der Waals surface area contributed by atoms with E-state index in [0.717, 1.165) is 25.7 Å². The van der Waals surface area contributed by atoms with Crippen molar-refractivity contribution < 1.29 is 13.8 Å². The standard InChI is InChI=1S/C16H17NO3S/c1-21(20)16-13(17-10-6-2-3-7-10)14(18)11-8-4-5-9-12(11)15(16)19/h4-5,8-10,17H,2-3,6-7H2,1H3. The summed E-state index contributed by atoms with van der Waals surface area (Å²) in [6.45, 7) is 0. The van der Waals surface area contributed by atoms with E-state index < -0.39 is 10.8 Å². The largest absolute Gasteiger partial charge is 0.378 e. The second-order valence-corrected chi connectivity index (χ2v) is 6.80. The van der Waals surface area contributed by atoms with Crippen LogP contribution in [-0.2, 0) is 10.8 Å². The van der Waals surface area contributed by atoms with Gasteiger partial charge in [0, 0.05) is 23.4 Å². The molecule has 110 valence electrons. The first-order chi connectivity index (χ1) is 10.1. The summed E-state index contributed by atoms with van der Waals surface area (Å²) in [5.41, 5.74) is 0.994. The van der Waals surface area contributed by atoms with Crippen molar-refractivity contribution in [3.8, 4) is 0 Å². The first-order valence-electron chi connectivity index (χ1n) is 7.12. The number of allylic oxidation sites excluding steroid dienone is 2. The molecule has 5 heteroatoms. The fraction of sp³-hybridized carbons (Fsp3) is 0.375. The van der Waals surface area contributed by atoms with Gasteiger partial charge in [-0.2, -0.15) is 0 Å². The fourth-order valence-corrected chi connectivity index (χ4v) is 3.84. The summed E-state index contributed by atoms with van der Waals surface area (Å²) in [5.74, 6) is -0.520. The van der Waals surface area contributed by atoms with Crippen molar-refractivity contribution in [1.82, 2.24) is 5.32 Å². The van der Waals surface area contributed by atoms with Gasteiger partial charge in [-0.15, -0.1) is 0 Å². The predicted octanol–water partition coefficient (Wildman–Crippen LogP) is 2.19. The molecule has 0 saturated heterocycles. The van der Waals surface area contributed by atoms with Gasteiger partial charge >= 0.3 is 0 Å². The molecule has 1 aromatic rings. The number of nitrogens with one attached hydrogen (secondary N) is 1. The van der Waals surface area contributed by atoms with Crippen LogP contribution >= 0.6 is 0 Å². The summed E-state index contributed by atoms with van der Waals surface area (Å²) in [6, 6.07) is 6.93. The zero-order valence-corrected chi connectivity index (χ0v) is 12.7. The normalized spacial score (nSPS) is 20.6. The Balaban J connectivity index is 2.08. The van der Waals surface area contributed by atoms with Crippen molar-refractivity contribution in [1.29, 1.82) is 0 Å². The van der Waals surface area contributed by atoms with Crippen molar-refractivity contribution in [2.24, 2.45) is 0 Å². The lowest BCUT2D eigenvalue weighted by Crippen LogP contribution is -2.36. The van der Waals surface area contributed by atoms with Gasteiger partial charge in [-0.1, -0.05) is 37.1 Å². The highest BCUT2D eigenvalue weighted by Crippen LogP contribution is 2.28. The Morgan fingerprint density at radius 1 is 1.05 bits per heavy atom. The van der Waals surface area contributed by atoms with Crippen LogP contribution in [0, 0.1) is 0 Å². The van der Waals surface area contributed by atoms with E-state index in [1.807, 2.05) is 0 Å². The van der Waals surface area contributed by atoms with Gasteiger partial charge in [-0.25, -0.2) is 0 Å². The molecule has 1 fully saturated rings. The summed E-state index contributed by atoms with van der Waals surface area (Å²) >= 11 is 0. The van der Waals surface area contributed by atoms with Crippen LogP contribution in [0.3, 0.4) is 0 Å². The minimum absolute atomic E-state index is 0.116. The maximum Gasteiger partial charge on any atom is 0.210 e. The van der Waals surface area contributed by atoms with E-state index in [1.165, 1.54) is 6.26 Å². The molecule has 4 nitrogen and oxygen atoms in total. The number of hydrogen-bond acceptors (Lipinski definition) is 4. The van der Waals surface area contributed by atoms with Crippen molar-refractivity contribution in [3.05, 3.63) is 46.0 Å². The Morgan fingerprint density at radius 3 is 2.19 bits per heavy atom. The molecule has 0 radical (unpaired) electrons. The van der Waals surface area contributed by atoms with Crippen molar-refractivity contribution in [2.75, 3.05) is 6.26 Å². The molecule has 3 rings (SSSR count). The van der Waals surface area contributed by atoms with Gasteiger partial charge in [0.25, 0.3) is 0 Å². The van der Waals surface area contributed by atoms with Crippen molar-refractivity contribution in [3.63, 3.8) is 0 Å². The Labute approximate surface area is 126 Å². The molecule has 0 aliphatic heterocycles. The zero-order valence-electron chi connectivity index (χ0n) is 11.8. The number of benzene rings is 1. The van der Waals surface area contributed by atoms with E-state index in [0.29, 0.717) is 11.1 Å². The van der Waals surface area contributed by atoms with E-state index in [4.69, 9.17) is 0 Å². The maximum atomic E-state index is 12.7. The predicted molar refractivity (Wildman–Crippen MR) is 81.6 cm³/mol. The average Bonchev–Trinajstić information content (AvgIpc) is 2.97. The molecular formula is C16H17NO3S. The van der Waals surface area contributed by atoms with Crippen LogP contribution in [0.15, 0.2) is 34.9 Å². The Hall–Kier alpha value is -1.75. The summed E-state index contributed by atoms with van der Waals surface area (Å²) < 4.78 is 12.0. The van der Waals surface area contributed by atoms with Crippen molar-refractivity contribution in [2.45, 2.75) is 31.7 Å². The minimum atomic E-state index is -1.49. The van der Waals surface area contributed by atoms with Crippen LogP contribution in [0.1, 0.15) is 46.4 Å². The smallest absolute Gasteiger partial charge is 0.210 e. The lowest BCUT2D eigenvalue weighted by Gasteiger charge is -2.23. The Bertz CT molecular complexity index is 672. The highest BCUT2D eigenvalue weighted by atomic mass is 32.2. The van der Waals surface area contributed by atoms with Crippen LogP contribution < -0.4 is 5.32 Å². The topological polar surface area (TPSA) is 63.2 Å².